The quantitative estimate of drug-likeness (QED) is 0.843. The second-order valence-corrected chi connectivity index (χ2v) is 5.24. The molecule has 2 aromatic rings. The SMILES string of the molecule is CC(=O)c1sc(Nc2ccc(Cl)cc2F)nc1C(=O)O. The van der Waals surface area contributed by atoms with E-state index in [4.69, 9.17) is 16.7 Å². The van der Waals surface area contributed by atoms with Crippen LogP contribution in [0.5, 0.6) is 0 Å². The number of carboxylic acids is 1. The third kappa shape index (κ3) is 2.94. The number of aromatic nitrogens is 1. The number of ketones is 1. The van der Waals surface area contributed by atoms with Crippen LogP contribution in [0.4, 0.5) is 15.2 Å². The van der Waals surface area contributed by atoms with Crippen LogP contribution >= 0.6 is 22.9 Å². The summed E-state index contributed by atoms with van der Waals surface area (Å²) in [5.41, 5.74) is -0.255. The first-order chi connectivity index (χ1) is 9.38. The molecule has 0 amide bonds. The molecule has 1 aromatic carbocycles. The van der Waals surface area contributed by atoms with Crippen molar-refractivity contribution in [1.82, 2.24) is 4.98 Å². The number of nitrogens with one attached hydrogen (secondary N) is 1. The van der Waals surface area contributed by atoms with E-state index in [1.54, 1.807) is 0 Å². The monoisotopic (exact) mass is 314 g/mol. The van der Waals surface area contributed by atoms with Crippen LogP contribution in [0.25, 0.3) is 0 Å². The van der Waals surface area contributed by atoms with Crippen molar-refractivity contribution in [2.24, 2.45) is 0 Å². The number of rotatable bonds is 4. The Bertz CT molecular complexity index is 671. The molecule has 0 unspecified atom stereocenters. The van der Waals surface area contributed by atoms with Gasteiger partial charge in [0, 0.05) is 11.9 Å². The zero-order valence-electron chi connectivity index (χ0n) is 10.1. The maximum atomic E-state index is 13.6. The number of hydrogen-bond donors (Lipinski definition) is 2. The number of Topliss-reactive ketones (excluding diaryl/α,β-unsaturated/α-hetero) is 1. The zero-order valence-corrected chi connectivity index (χ0v) is 11.7. The van der Waals surface area contributed by atoms with Crippen molar-refractivity contribution in [2.45, 2.75) is 6.92 Å². The Morgan fingerprint density at radius 1 is 1.45 bits per heavy atom. The molecule has 1 aromatic heterocycles. The van der Waals surface area contributed by atoms with E-state index >= 15 is 0 Å². The fourth-order valence-corrected chi connectivity index (χ4v) is 2.49. The van der Waals surface area contributed by atoms with E-state index in [9.17, 15) is 14.0 Å². The molecule has 0 bridgehead atoms. The fraction of sp³-hybridized carbons (Fsp3) is 0.0833. The van der Waals surface area contributed by atoms with E-state index < -0.39 is 17.6 Å². The van der Waals surface area contributed by atoms with Gasteiger partial charge in [0.2, 0.25) is 0 Å². The molecule has 0 spiro atoms. The summed E-state index contributed by atoms with van der Waals surface area (Å²) >= 11 is 6.48. The normalized spacial score (nSPS) is 10.3. The average molecular weight is 315 g/mol. The van der Waals surface area contributed by atoms with Crippen LogP contribution in [0, 0.1) is 5.82 Å². The third-order valence-corrected chi connectivity index (χ3v) is 3.63. The summed E-state index contributed by atoms with van der Waals surface area (Å²) in [7, 11) is 0. The first-order valence-electron chi connectivity index (χ1n) is 5.35. The fourth-order valence-electron chi connectivity index (χ4n) is 1.46. The van der Waals surface area contributed by atoms with E-state index in [0.29, 0.717) is 0 Å². The van der Waals surface area contributed by atoms with E-state index in [-0.39, 0.29) is 26.4 Å². The Morgan fingerprint density at radius 3 is 2.65 bits per heavy atom. The van der Waals surface area contributed by atoms with E-state index in [1.807, 2.05) is 0 Å². The van der Waals surface area contributed by atoms with Crippen molar-refractivity contribution in [3.8, 4) is 0 Å². The summed E-state index contributed by atoms with van der Waals surface area (Å²) in [6.45, 7) is 1.24. The second kappa shape index (κ2) is 5.56. The number of halogens is 2. The Labute approximate surface area is 122 Å². The highest BCUT2D eigenvalue weighted by Gasteiger charge is 2.21. The van der Waals surface area contributed by atoms with E-state index in [2.05, 4.69) is 10.3 Å². The van der Waals surface area contributed by atoms with Crippen molar-refractivity contribution in [3.05, 3.63) is 39.6 Å². The van der Waals surface area contributed by atoms with Crippen molar-refractivity contribution in [1.29, 1.82) is 0 Å². The molecule has 0 aliphatic carbocycles. The summed E-state index contributed by atoms with van der Waals surface area (Å²) in [6, 6.07) is 3.99. The maximum absolute atomic E-state index is 13.6. The highest BCUT2D eigenvalue weighted by atomic mass is 35.5. The number of aromatic carboxylic acids is 1. The highest BCUT2D eigenvalue weighted by Crippen LogP contribution is 2.28. The van der Waals surface area contributed by atoms with Gasteiger partial charge >= 0.3 is 5.97 Å². The van der Waals surface area contributed by atoms with Crippen LogP contribution in [-0.2, 0) is 0 Å². The smallest absolute Gasteiger partial charge is 0.356 e. The Morgan fingerprint density at radius 2 is 2.15 bits per heavy atom. The van der Waals surface area contributed by atoms with Gasteiger partial charge in [0.25, 0.3) is 0 Å². The summed E-state index contributed by atoms with van der Waals surface area (Å²) in [6.07, 6.45) is 0. The molecule has 0 saturated heterocycles. The standard InChI is InChI=1S/C12H8ClFN2O3S/c1-5(17)10-9(11(18)19)16-12(20-10)15-8-3-2-6(13)4-7(8)14/h2-4H,1H3,(H,15,16)(H,18,19). The first kappa shape index (κ1) is 14.4. The van der Waals surface area contributed by atoms with Crippen LogP contribution in [0.1, 0.15) is 27.1 Å². The average Bonchev–Trinajstić information content (AvgIpc) is 2.77. The predicted octanol–water partition coefficient (Wildman–Crippen LogP) is 3.58. The van der Waals surface area contributed by atoms with Gasteiger partial charge in [-0.25, -0.2) is 14.2 Å². The summed E-state index contributed by atoms with van der Waals surface area (Å²) in [5.74, 6) is -2.32. The lowest BCUT2D eigenvalue weighted by Crippen LogP contribution is -2.03. The minimum atomic E-state index is -1.31. The lowest BCUT2D eigenvalue weighted by Gasteiger charge is -2.03. The number of nitrogens with zero attached hydrogens (tertiary/aromatic N) is 1. The number of carbonyl (C=O) groups is 2. The first-order valence-corrected chi connectivity index (χ1v) is 6.55. The highest BCUT2D eigenvalue weighted by molar-refractivity contribution is 7.17. The molecule has 2 N–H and O–H groups in total. The molecule has 0 saturated carbocycles. The van der Waals surface area contributed by atoms with E-state index in [1.165, 1.54) is 19.1 Å². The second-order valence-electron chi connectivity index (χ2n) is 3.81. The summed E-state index contributed by atoms with van der Waals surface area (Å²) in [4.78, 5) is 26.1. The van der Waals surface area contributed by atoms with Gasteiger partial charge < -0.3 is 10.4 Å². The molecular weight excluding hydrogens is 307 g/mol. The molecule has 0 aliphatic rings. The van der Waals surface area contributed by atoms with Gasteiger partial charge in [-0.1, -0.05) is 22.9 Å². The number of carbonyl (C=O) groups excluding carboxylic acids is 1. The molecular formula is C12H8ClFN2O3S. The Hall–Kier alpha value is -1.99. The van der Waals surface area contributed by atoms with Gasteiger partial charge in [0.15, 0.2) is 16.6 Å². The number of thiazole rings is 1. The molecule has 0 radical (unpaired) electrons. The van der Waals surface area contributed by atoms with Crippen molar-refractivity contribution < 1.29 is 19.1 Å². The van der Waals surface area contributed by atoms with Crippen LogP contribution in [0.2, 0.25) is 5.02 Å². The van der Waals surface area contributed by atoms with Crippen LogP contribution in [0.15, 0.2) is 18.2 Å². The largest absolute Gasteiger partial charge is 0.476 e. The Kier molecular flexibility index (Phi) is 4.01. The van der Waals surface area contributed by atoms with Gasteiger partial charge in [0.05, 0.1) is 5.69 Å². The van der Waals surface area contributed by atoms with Crippen LogP contribution in [-0.4, -0.2) is 21.8 Å². The number of anilines is 2. The van der Waals surface area contributed by atoms with Gasteiger partial charge in [0.1, 0.15) is 10.7 Å². The molecule has 1 heterocycles. The number of benzene rings is 1. The topological polar surface area (TPSA) is 79.3 Å². The zero-order chi connectivity index (χ0) is 14.9. The predicted molar refractivity (Wildman–Crippen MR) is 73.8 cm³/mol. The van der Waals surface area contributed by atoms with E-state index in [0.717, 1.165) is 17.4 Å². The molecule has 2 rings (SSSR count). The molecule has 0 aliphatic heterocycles. The molecule has 0 fully saturated rings. The van der Waals surface area contributed by atoms with Gasteiger partial charge in [-0.05, 0) is 18.2 Å². The molecule has 104 valence electrons. The van der Waals surface area contributed by atoms with Crippen molar-refractivity contribution >= 4 is 45.5 Å². The number of carboxylic acid groups (broad SMARTS) is 1. The summed E-state index contributed by atoms with van der Waals surface area (Å²) < 4.78 is 13.6. The lowest BCUT2D eigenvalue weighted by molar-refractivity contribution is 0.0687. The number of hydrogen-bond acceptors (Lipinski definition) is 5. The Balaban J connectivity index is 2.37. The van der Waals surface area contributed by atoms with Gasteiger partial charge in [-0.15, -0.1) is 0 Å². The minimum Gasteiger partial charge on any atom is -0.476 e. The third-order valence-electron chi connectivity index (χ3n) is 2.32. The molecule has 20 heavy (non-hydrogen) atoms. The maximum Gasteiger partial charge on any atom is 0.356 e. The lowest BCUT2D eigenvalue weighted by atomic mass is 10.3. The molecule has 0 atom stereocenters. The van der Waals surface area contributed by atoms with Crippen molar-refractivity contribution in [2.75, 3.05) is 5.32 Å². The van der Waals surface area contributed by atoms with Crippen LogP contribution in [0.3, 0.4) is 0 Å². The minimum absolute atomic E-state index is 0.00868. The van der Waals surface area contributed by atoms with Crippen LogP contribution < -0.4 is 5.32 Å². The summed E-state index contributed by atoms with van der Waals surface area (Å²) in [5, 5.41) is 11.9. The van der Waals surface area contributed by atoms with Crippen molar-refractivity contribution in [3.63, 3.8) is 0 Å². The molecule has 5 nitrogen and oxygen atoms in total. The van der Waals surface area contributed by atoms with Gasteiger partial charge in [-0.3, -0.25) is 4.79 Å². The van der Waals surface area contributed by atoms with Gasteiger partial charge in [-0.2, -0.15) is 0 Å². The molecule has 8 heteroatoms.